The molecule has 0 radical (unpaired) electrons. The normalized spacial score (nSPS) is 13.0. The number of nitrogens with zero attached hydrogens (tertiary/aromatic N) is 2. The third-order valence-electron chi connectivity index (χ3n) is 1.83. The highest BCUT2D eigenvalue weighted by atomic mass is 16.3. The van der Waals surface area contributed by atoms with E-state index in [4.69, 9.17) is 5.73 Å². The number of rotatable bonds is 4. The second-order valence-electron chi connectivity index (χ2n) is 4.67. The van der Waals surface area contributed by atoms with Crippen LogP contribution in [-0.2, 0) is 0 Å². The maximum absolute atomic E-state index is 9.18. The highest BCUT2D eigenvalue weighted by molar-refractivity contribution is 5.77. The predicted octanol–water partition coefficient (Wildman–Crippen LogP) is 0.640. The molecule has 5 heteroatoms. The Bertz CT molecular complexity index is 187. The van der Waals surface area contributed by atoms with Crippen molar-refractivity contribution < 1.29 is 9.59 Å². The van der Waals surface area contributed by atoms with Crippen LogP contribution in [0.1, 0.15) is 27.7 Å². The van der Waals surface area contributed by atoms with Crippen molar-refractivity contribution in [1.29, 1.82) is 0 Å². The summed E-state index contributed by atoms with van der Waals surface area (Å²) in [6.07, 6.45) is 0.722. The molecule has 0 fully saturated rings. The van der Waals surface area contributed by atoms with Crippen molar-refractivity contribution in [1.82, 2.24) is 5.32 Å². The van der Waals surface area contributed by atoms with Gasteiger partial charge in [0.25, 0.3) is 0 Å². The monoisotopic (exact) mass is 249 g/mol. The number of aliphatic imine (C=N–C) groups is 1. The molecule has 4 N–H and O–H groups in total. The molecule has 106 valence electrons. The van der Waals surface area contributed by atoms with Gasteiger partial charge in [-0.15, -0.1) is 0 Å². The van der Waals surface area contributed by atoms with Gasteiger partial charge in [-0.3, -0.25) is 4.99 Å². The summed E-state index contributed by atoms with van der Waals surface area (Å²) in [4.78, 5) is 3.66. The van der Waals surface area contributed by atoms with Gasteiger partial charge in [0.1, 0.15) is 12.6 Å². The molecule has 0 saturated carbocycles. The van der Waals surface area contributed by atoms with Crippen molar-refractivity contribution in [2.45, 2.75) is 33.8 Å². The first-order chi connectivity index (χ1) is 7.26. The molecular weight excluding hydrogens is 216 g/mol. The van der Waals surface area contributed by atoms with Gasteiger partial charge in [0.05, 0.1) is 21.1 Å². The number of aliphatic hydroxyl groups excluding tert-OH is 1. The Hall–Kier alpha value is -0.810. The molecule has 0 spiro atoms. The van der Waals surface area contributed by atoms with Crippen molar-refractivity contribution >= 4 is 5.96 Å². The van der Waals surface area contributed by atoms with Gasteiger partial charge < -0.3 is 20.6 Å². The van der Waals surface area contributed by atoms with E-state index in [1.807, 2.05) is 13.8 Å². The minimum Gasteiger partial charge on any atom is -0.387 e. The second-order valence-corrected chi connectivity index (χ2v) is 4.67. The smallest absolute Gasteiger partial charge is 0.188 e. The van der Waals surface area contributed by atoms with Crippen LogP contribution in [0.15, 0.2) is 4.99 Å². The summed E-state index contributed by atoms with van der Waals surface area (Å²) >= 11 is 0. The molecule has 0 saturated heterocycles. The van der Waals surface area contributed by atoms with Crippen molar-refractivity contribution in [3.8, 4) is 0 Å². The molecule has 0 amide bonds. The molecule has 0 rings (SSSR count). The van der Waals surface area contributed by atoms with Gasteiger partial charge in [-0.25, -0.2) is 0 Å². The summed E-state index contributed by atoms with van der Waals surface area (Å²) in [6, 6.07) is 0. The van der Waals surface area contributed by atoms with E-state index in [2.05, 4.69) is 31.5 Å². The van der Waals surface area contributed by atoms with Crippen molar-refractivity contribution in [2.24, 2.45) is 10.7 Å². The molecule has 0 aromatic heterocycles. The van der Waals surface area contributed by atoms with Crippen LogP contribution in [0.4, 0.5) is 0 Å². The van der Waals surface area contributed by atoms with Gasteiger partial charge >= 0.3 is 0 Å². The van der Waals surface area contributed by atoms with Gasteiger partial charge in [-0.2, -0.15) is 0 Å². The van der Waals surface area contributed by atoms with E-state index in [0.717, 1.165) is 24.0 Å². The fourth-order valence-corrected chi connectivity index (χ4v) is 1.02. The van der Waals surface area contributed by atoms with Gasteiger partial charge in [-0.05, 0) is 13.3 Å². The number of nitrogens with two attached hydrogens (primary N) is 1. The summed E-state index contributed by atoms with van der Waals surface area (Å²) in [6.45, 7) is 5.65. The number of quaternary nitrogens is 1. The third kappa shape index (κ3) is 21.1. The standard InChI is InChI=1S/C7H18NO.C4H11N3.CH4/c1-5-7(9)6-8(2,3)4;1-3-7-4(5)6-2;/h7,9H,5-6H2,1-4H3;3H2,1-2H3,(H3,5,6,7);1H4/q+1;;. The van der Waals surface area contributed by atoms with Crippen molar-refractivity contribution in [3.63, 3.8) is 0 Å². The summed E-state index contributed by atoms with van der Waals surface area (Å²) in [5.41, 5.74) is 5.22. The third-order valence-corrected chi connectivity index (χ3v) is 1.83. The van der Waals surface area contributed by atoms with Crippen LogP contribution in [0.5, 0.6) is 0 Å². The van der Waals surface area contributed by atoms with Crippen LogP contribution in [0.25, 0.3) is 0 Å². The van der Waals surface area contributed by atoms with Crippen LogP contribution < -0.4 is 11.1 Å². The van der Waals surface area contributed by atoms with Crippen molar-refractivity contribution in [2.75, 3.05) is 41.3 Å². The van der Waals surface area contributed by atoms with Gasteiger partial charge in [-0.1, -0.05) is 14.4 Å². The maximum Gasteiger partial charge on any atom is 0.188 e. The second kappa shape index (κ2) is 11.7. The van der Waals surface area contributed by atoms with Gasteiger partial charge in [0.15, 0.2) is 5.96 Å². The predicted molar refractivity (Wildman–Crippen MR) is 77.2 cm³/mol. The molecule has 1 atom stereocenters. The number of likely N-dealkylation sites (N-methyl/N-ethyl adjacent to an activating group) is 1. The zero-order valence-electron chi connectivity index (χ0n) is 11.6. The SMILES string of the molecule is C.CCC(O)C[N+](C)(C)C.CCNC(N)=NC. The molecule has 0 aliphatic carbocycles. The Morgan fingerprint density at radius 3 is 1.94 bits per heavy atom. The zero-order valence-corrected chi connectivity index (χ0v) is 11.6. The maximum atomic E-state index is 9.18. The Morgan fingerprint density at radius 1 is 1.35 bits per heavy atom. The molecule has 0 heterocycles. The largest absolute Gasteiger partial charge is 0.387 e. The fourth-order valence-electron chi connectivity index (χ4n) is 1.02. The Balaban J connectivity index is -0.000000224. The summed E-state index contributed by atoms with van der Waals surface area (Å²) in [5.74, 6) is 0.502. The quantitative estimate of drug-likeness (QED) is 0.389. The van der Waals surface area contributed by atoms with E-state index < -0.39 is 0 Å². The molecular formula is C12H33N4O+. The molecule has 0 bridgehead atoms. The highest BCUT2D eigenvalue weighted by Gasteiger charge is 2.12. The van der Waals surface area contributed by atoms with Gasteiger partial charge in [0.2, 0.25) is 0 Å². The molecule has 0 aliphatic heterocycles. The van der Waals surface area contributed by atoms with E-state index in [-0.39, 0.29) is 13.5 Å². The lowest BCUT2D eigenvalue weighted by molar-refractivity contribution is -0.873. The van der Waals surface area contributed by atoms with E-state index in [1.54, 1.807) is 7.05 Å². The molecule has 5 nitrogen and oxygen atoms in total. The van der Waals surface area contributed by atoms with Crippen LogP contribution in [0.3, 0.4) is 0 Å². The van der Waals surface area contributed by atoms with E-state index in [9.17, 15) is 5.11 Å². The van der Waals surface area contributed by atoms with Crippen molar-refractivity contribution in [3.05, 3.63) is 0 Å². The number of aliphatic hydroxyl groups is 1. The van der Waals surface area contributed by atoms with Crippen LogP contribution in [-0.4, -0.2) is 62.9 Å². The lowest BCUT2D eigenvalue weighted by atomic mass is 10.2. The average molecular weight is 249 g/mol. The lowest BCUT2D eigenvalue weighted by Gasteiger charge is -2.26. The summed E-state index contributed by atoms with van der Waals surface area (Å²) in [5, 5.41) is 12.0. The first-order valence-corrected chi connectivity index (χ1v) is 5.71. The average Bonchev–Trinajstić information content (AvgIpc) is 2.16. The Kier molecular flexibility index (Phi) is 14.7. The number of hydrogen-bond acceptors (Lipinski definition) is 2. The van der Waals surface area contributed by atoms with E-state index in [0.29, 0.717) is 5.96 Å². The zero-order chi connectivity index (χ0) is 13.2. The first-order valence-electron chi connectivity index (χ1n) is 5.71. The fraction of sp³-hybridized carbons (Fsp3) is 0.917. The Morgan fingerprint density at radius 2 is 1.82 bits per heavy atom. The number of guanidine groups is 1. The first kappa shape index (κ1) is 21.5. The minimum atomic E-state index is -0.134. The minimum absolute atomic E-state index is 0. The molecule has 17 heavy (non-hydrogen) atoms. The summed E-state index contributed by atoms with van der Waals surface area (Å²) < 4.78 is 0.842. The number of nitrogens with one attached hydrogen (secondary N) is 1. The molecule has 0 aliphatic rings. The van der Waals surface area contributed by atoms with Crippen LogP contribution in [0.2, 0.25) is 0 Å². The Labute approximate surface area is 107 Å². The van der Waals surface area contributed by atoms with Crippen LogP contribution >= 0.6 is 0 Å². The highest BCUT2D eigenvalue weighted by Crippen LogP contribution is 1.97. The molecule has 0 aromatic rings. The summed E-state index contributed by atoms with van der Waals surface area (Å²) in [7, 11) is 7.90. The molecule has 1 unspecified atom stereocenters. The van der Waals surface area contributed by atoms with E-state index >= 15 is 0 Å². The molecule has 0 aromatic carbocycles. The number of hydrogen-bond donors (Lipinski definition) is 3. The van der Waals surface area contributed by atoms with Gasteiger partial charge in [0, 0.05) is 13.6 Å². The lowest BCUT2D eigenvalue weighted by Crippen LogP contribution is -2.41. The topological polar surface area (TPSA) is 70.6 Å². The van der Waals surface area contributed by atoms with E-state index in [1.165, 1.54) is 0 Å². The van der Waals surface area contributed by atoms with Crippen LogP contribution in [0, 0.1) is 0 Å².